The number of fused-ring (bicyclic) bond motifs is 1. The molecular weight excluding hydrogens is 594 g/mol. The van der Waals surface area contributed by atoms with Crippen LogP contribution in [-0.4, -0.2) is 46.7 Å². The minimum absolute atomic E-state index is 0.142. The van der Waals surface area contributed by atoms with E-state index in [0.29, 0.717) is 11.2 Å². The molecule has 6 N–H and O–H groups in total. The minimum Gasteiger partial charge on any atom is -0.861 e. The Labute approximate surface area is 274 Å². The van der Waals surface area contributed by atoms with E-state index in [2.05, 4.69) is 20.9 Å². The number of pyridine rings is 2. The third-order valence-electron chi connectivity index (χ3n) is 8.65. The number of benzene rings is 2. The van der Waals surface area contributed by atoms with Gasteiger partial charge in [0.15, 0.2) is 12.4 Å². The number of amides is 3. The fourth-order valence-corrected chi connectivity index (χ4v) is 6.12. The maximum Gasteiger partial charge on any atom is 0.270 e. The Balaban J connectivity index is 1.38. The van der Waals surface area contributed by atoms with Crippen LogP contribution in [0, 0.1) is 11.3 Å². The Hall–Kier alpha value is -5.32. The molecule has 0 saturated heterocycles. The highest BCUT2D eigenvalue weighted by Crippen LogP contribution is 2.27. The summed E-state index contributed by atoms with van der Waals surface area (Å²) in [6.45, 7) is 0. The van der Waals surface area contributed by atoms with Crippen molar-refractivity contribution in [1.82, 2.24) is 20.9 Å². The number of hydrogen-bond donors (Lipinski definition) is 5. The molecule has 5 rings (SSSR count). The molecule has 2 aromatic carbocycles. The molecule has 0 spiro atoms. The standard InChI is InChI=1S/C36H41N7O4/c1-43-19-7-8-24(22-43)21-30(33(38)44)40-36(47)32(26-10-3-2-4-11-26)42-35(46)31(20-23-13-16-27(37)17-14-23)41-34(45)29-18-15-25-9-5-6-12-28(25)39-29/h5-9,12-19,22,26,30-32H,2-4,10-11,20-21,37H2,1H3,(H4-,38,40,41,42,44,45,46,47)/t30-,31-,32-/m0/s1. The molecule has 0 aliphatic heterocycles. The summed E-state index contributed by atoms with van der Waals surface area (Å²) in [5.41, 5.74) is 8.80. The highest BCUT2D eigenvalue weighted by molar-refractivity contribution is 5.99. The third kappa shape index (κ3) is 8.90. The summed E-state index contributed by atoms with van der Waals surface area (Å²) in [7, 11) is 1.85. The lowest BCUT2D eigenvalue weighted by molar-refractivity contribution is -0.671. The van der Waals surface area contributed by atoms with Gasteiger partial charge in [-0.1, -0.05) is 55.7 Å². The van der Waals surface area contributed by atoms with Crippen LogP contribution in [0.2, 0.25) is 0 Å². The molecule has 244 valence electrons. The summed E-state index contributed by atoms with van der Waals surface area (Å²) >= 11 is 0. The first-order valence-electron chi connectivity index (χ1n) is 16.0. The van der Waals surface area contributed by atoms with E-state index in [-0.39, 0.29) is 24.5 Å². The summed E-state index contributed by atoms with van der Waals surface area (Å²) in [6, 6.07) is 18.4. The van der Waals surface area contributed by atoms with Crippen LogP contribution >= 0.6 is 0 Å². The van der Waals surface area contributed by atoms with Gasteiger partial charge in [0, 0.05) is 35.5 Å². The van der Waals surface area contributed by atoms with Crippen molar-refractivity contribution in [2.75, 3.05) is 5.73 Å². The molecule has 3 atom stereocenters. The number of nitrogens with one attached hydrogen (secondary N) is 4. The van der Waals surface area contributed by atoms with Crippen molar-refractivity contribution in [1.29, 1.82) is 5.41 Å². The first kappa shape index (κ1) is 33.1. The molecule has 11 nitrogen and oxygen atoms in total. The highest BCUT2D eigenvalue weighted by Gasteiger charge is 2.34. The van der Waals surface area contributed by atoms with Crippen LogP contribution in [0.3, 0.4) is 0 Å². The first-order valence-corrected chi connectivity index (χ1v) is 16.0. The van der Waals surface area contributed by atoms with E-state index in [4.69, 9.17) is 11.1 Å². The zero-order valence-corrected chi connectivity index (χ0v) is 26.4. The molecule has 47 heavy (non-hydrogen) atoms. The molecule has 1 saturated carbocycles. The van der Waals surface area contributed by atoms with Gasteiger partial charge in [0.1, 0.15) is 24.8 Å². The van der Waals surface area contributed by atoms with Crippen molar-refractivity contribution in [2.24, 2.45) is 13.0 Å². The first-order chi connectivity index (χ1) is 22.7. The van der Waals surface area contributed by atoms with E-state index < -0.39 is 41.7 Å². The van der Waals surface area contributed by atoms with Crippen molar-refractivity contribution in [3.8, 4) is 0 Å². The van der Waals surface area contributed by atoms with E-state index >= 15 is 0 Å². The number of anilines is 1. The number of carbonyl (C=O) groups is 3. The zero-order valence-electron chi connectivity index (χ0n) is 26.4. The molecule has 2 aromatic heterocycles. The Morgan fingerprint density at radius 2 is 1.60 bits per heavy atom. The zero-order chi connectivity index (χ0) is 33.3. The van der Waals surface area contributed by atoms with Gasteiger partial charge < -0.3 is 32.2 Å². The van der Waals surface area contributed by atoms with Crippen molar-refractivity contribution < 1.29 is 24.1 Å². The number of rotatable bonds is 12. The van der Waals surface area contributed by atoms with Crippen molar-refractivity contribution in [3.05, 3.63) is 102 Å². The molecule has 2 heterocycles. The van der Waals surface area contributed by atoms with E-state index in [9.17, 15) is 19.5 Å². The second-order valence-electron chi connectivity index (χ2n) is 12.3. The third-order valence-corrected chi connectivity index (χ3v) is 8.65. The Kier molecular flexibility index (Phi) is 10.8. The number of hydrogen-bond acceptors (Lipinski definition) is 7. The monoisotopic (exact) mass is 635 g/mol. The maximum absolute atomic E-state index is 14.0. The van der Waals surface area contributed by atoms with Gasteiger partial charge in [-0.05, 0) is 60.6 Å². The number of aromatic nitrogens is 2. The van der Waals surface area contributed by atoms with Crippen LogP contribution in [0.1, 0.15) is 53.7 Å². The average molecular weight is 636 g/mol. The molecule has 1 aliphatic carbocycles. The van der Waals surface area contributed by atoms with Crippen LogP contribution < -0.4 is 31.4 Å². The fraction of sp³-hybridized carbons (Fsp3) is 0.333. The topological polar surface area (TPSA) is 177 Å². The predicted molar refractivity (Wildman–Crippen MR) is 177 cm³/mol. The van der Waals surface area contributed by atoms with Gasteiger partial charge in [0.2, 0.25) is 11.8 Å². The van der Waals surface area contributed by atoms with Crippen LogP contribution in [-0.2, 0) is 29.5 Å². The highest BCUT2D eigenvalue weighted by atomic mass is 16.3. The molecular formula is C36H41N7O4. The van der Waals surface area contributed by atoms with Gasteiger partial charge in [0.05, 0.1) is 11.6 Å². The summed E-state index contributed by atoms with van der Waals surface area (Å²) in [4.78, 5) is 45.9. The lowest BCUT2D eigenvalue weighted by Gasteiger charge is -2.33. The normalized spacial score (nSPS) is 15.3. The van der Waals surface area contributed by atoms with Crippen LogP contribution in [0.4, 0.5) is 5.69 Å². The Morgan fingerprint density at radius 1 is 0.872 bits per heavy atom. The predicted octanol–water partition coefficient (Wildman–Crippen LogP) is 2.11. The number of carbonyl (C=O) groups excluding carboxylic acids is 3. The van der Waals surface area contributed by atoms with Gasteiger partial charge in [-0.3, -0.25) is 14.4 Å². The number of nitrogens with zero attached hydrogens (tertiary/aromatic N) is 2. The molecule has 3 amide bonds. The molecule has 0 bridgehead atoms. The Bertz CT molecular complexity index is 1740. The number of aryl methyl sites for hydroxylation is 1. The fourth-order valence-electron chi connectivity index (χ4n) is 6.12. The van der Waals surface area contributed by atoms with Gasteiger partial charge >= 0.3 is 0 Å². The SMILES string of the molecule is C[n+]1cccc(C[C@H](NC(=O)[C@@H](NC(=O)[C@H](Cc2ccc(N)cc2)NC(=O)c2ccc3ccccc3n2)C2CCCCC2)C(=N)[O-])c1. The second-order valence-corrected chi connectivity index (χ2v) is 12.3. The van der Waals surface area contributed by atoms with Gasteiger partial charge in [-0.25, -0.2) is 9.55 Å². The maximum atomic E-state index is 14.0. The lowest BCUT2D eigenvalue weighted by atomic mass is 9.83. The summed E-state index contributed by atoms with van der Waals surface area (Å²) < 4.78 is 1.83. The number of nitrogen functional groups attached to an aromatic ring is 1. The summed E-state index contributed by atoms with van der Waals surface area (Å²) in [5, 5.41) is 29.6. The average Bonchev–Trinajstić information content (AvgIpc) is 3.07. The van der Waals surface area contributed by atoms with Gasteiger partial charge in [-0.15, -0.1) is 0 Å². The molecule has 4 aromatic rings. The summed E-state index contributed by atoms with van der Waals surface area (Å²) in [5.74, 6) is -2.68. The van der Waals surface area contributed by atoms with E-state index in [0.717, 1.165) is 48.6 Å². The van der Waals surface area contributed by atoms with E-state index in [1.54, 1.807) is 36.4 Å². The van der Waals surface area contributed by atoms with Crippen LogP contribution in [0.15, 0.2) is 85.2 Å². The molecule has 1 fully saturated rings. The number of para-hydroxylation sites is 1. The number of nitrogens with two attached hydrogens (primary N) is 1. The minimum atomic E-state index is -1.09. The van der Waals surface area contributed by atoms with Crippen LogP contribution in [0.5, 0.6) is 0 Å². The molecule has 0 unspecified atom stereocenters. The van der Waals surface area contributed by atoms with Crippen LogP contribution in [0.25, 0.3) is 10.9 Å². The van der Waals surface area contributed by atoms with Crippen molar-refractivity contribution in [2.45, 2.75) is 63.1 Å². The van der Waals surface area contributed by atoms with Gasteiger partial charge in [0.25, 0.3) is 5.91 Å². The van der Waals surface area contributed by atoms with E-state index in [1.165, 1.54) is 0 Å². The van der Waals surface area contributed by atoms with E-state index in [1.807, 2.05) is 60.4 Å². The van der Waals surface area contributed by atoms with Gasteiger partial charge in [-0.2, -0.15) is 0 Å². The van der Waals surface area contributed by atoms with Crippen molar-refractivity contribution >= 4 is 40.2 Å². The Morgan fingerprint density at radius 3 is 2.32 bits per heavy atom. The summed E-state index contributed by atoms with van der Waals surface area (Å²) in [6.07, 6.45) is 8.26. The smallest absolute Gasteiger partial charge is 0.270 e. The quantitative estimate of drug-likeness (QED) is 0.0689. The lowest BCUT2D eigenvalue weighted by Crippen LogP contribution is -2.59. The largest absolute Gasteiger partial charge is 0.861 e. The second kappa shape index (κ2) is 15.3. The van der Waals surface area contributed by atoms with Crippen molar-refractivity contribution in [3.63, 3.8) is 0 Å². The molecule has 0 radical (unpaired) electrons. The molecule has 11 heteroatoms. The molecule has 1 aliphatic rings.